The number of carbonyl (C=O) groups excluding carboxylic acids is 2. The molecule has 2 fully saturated rings. The summed E-state index contributed by atoms with van der Waals surface area (Å²) in [6.07, 6.45) is 5.02. The highest BCUT2D eigenvalue weighted by Gasteiger charge is 2.40. The molecule has 0 spiro atoms. The fourth-order valence-electron chi connectivity index (χ4n) is 4.06. The normalized spacial score (nSPS) is 22.0. The molecule has 4 rings (SSSR count). The van der Waals surface area contributed by atoms with Crippen LogP contribution in [0.5, 0.6) is 11.5 Å². The smallest absolute Gasteiger partial charge is 0.319 e. The quantitative estimate of drug-likeness (QED) is 0.697. The van der Waals surface area contributed by atoms with Crippen LogP contribution >= 0.6 is 0 Å². The molecule has 6 nitrogen and oxygen atoms in total. The molecule has 0 bridgehead atoms. The number of esters is 1. The Bertz CT molecular complexity index is 922. The van der Waals surface area contributed by atoms with Gasteiger partial charge in [0, 0.05) is 5.70 Å². The number of benzene rings is 2. The topological polar surface area (TPSA) is 76.7 Å². The Balaban J connectivity index is 1.56. The fourth-order valence-corrected chi connectivity index (χ4v) is 4.06. The summed E-state index contributed by atoms with van der Waals surface area (Å²) < 4.78 is 11.7. The van der Waals surface area contributed by atoms with E-state index in [1.54, 1.807) is 0 Å². The summed E-state index contributed by atoms with van der Waals surface area (Å²) in [4.78, 5) is 25.2. The molecule has 1 saturated carbocycles. The van der Waals surface area contributed by atoms with Gasteiger partial charge in [0.15, 0.2) is 0 Å². The third-order valence-corrected chi connectivity index (χ3v) is 5.55. The lowest BCUT2D eigenvalue weighted by atomic mass is 9.88. The molecule has 2 atom stereocenters. The zero-order valence-electron chi connectivity index (χ0n) is 16.8. The van der Waals surface area contributed by atoms with Gasteiger partial charge in [-0.1, -0.05) is 43.3 Å². The first-order chi connectivity index (χ1) is 14.6. The van der Waals surface area contributed by atoms with Crippen molar-refractivity contribution in [3.05, 3.63) is 72.4 Å². The number of nitrogens with one attached hydrogen (secondary N) is 2. The maximum absolute atomic E-state index is 13.0. The average Bonchev–Trinajstić information content (AvgIpc) is 2.75. The lowest BCUT2D eigenvalue weighted by Crippen LogP contribution is -2.51. The predicted octanol–water partition coefficient (Wildman–Crippen LogP) is 4.84. The Kier molecular flexibility index (Phi) is 6.02. The van der Waals surface area contributed by atoms with Gasteiger partial charge in [0.05, 0.1) is 6.04 Å². The SMILES string of the molecule is C=C1NC(=O)NC(c2cccc(Oc3ccccc3)c2)C1C(=O)OC1CCCCC1. The lowest BCUT2D eigenvalue weighted by molar-refractivity contribution is -0.155. The van der Waals surface area contributed by atoms with Crippen molar-refractivity contribution < 1.29 is 19.1 Å². The lowest BCUT2D eigenvalue weighted by Gasteiger charge is -2.34. The summed E-state index contributed by atoms with van der Waals surface area (Å²) in [7, 11) is 0. The van der Waals surface area contributed by atoms with Gasteiger partial charge in [0.1, 0.15) is 23.5 Å². The van der Waals surface area contributed by atoms with E-state index in [1.165, 1.54) is 6.42 Å². The van der Waals surface area contributed by atoms with Gasteiger partial charge in [0.2, 0.25) is 0 Å². The fraction of sp³-hybridized carbons (Fsp3) is 0.333. The highest BCUT2D eigenvalue weighted by Crippen LogP contribution is 2.34. The highest BCUT2D eigenvalue weighted by atomic mass is 16.5. The van der Waals surface area contributed by atoms with Crippen LogP contribution in [0.25, 0.3) is 0 Å². The van der Waals surface area contributed by atoms with Crippen molar-refractivity contribution in [2.45, 2.75) is 44.2 Å². The van der Waals surface area contributed by atoms with Crippen molar-refractivity contribution in [1.82, 2.24) is 10.6 Å². The molecule has 6 heteroatoms. The van der Waals surface area contributed by atoms with Crippen LogP contribution < -0.4 is 15.4 Å². The van der Waals surface area contributed by atoms with Crippen molar-refractivity contribution in [1.29, 1.82) is 0 Å². The number of hydrogen-bond acceptors (Lipinski definition) is 4. The monoisotopic (exact) mass is 406 g/mol. The molecule has 0 radical (unpaired) electrons. The van der Waals surface area contributed by atoms with Gasteiger partial charge in [-0.05, 0) is 55.5 Å². The number of rotatable bonds is 5. The first-order valence-corrected chi connectivity index (χ1v) is 10.4. The van der Waals surface area contributed by atoms with E-state index >= 15 is 0 Å². The summed E-state index contributed by atoms with van der Waals surface area (Å²) in [6.45, 7) is 3.92. The van der Waals surface area contributed by atoms with Gasteiger partial charge in [-0.2, -0.15) is 0 Å². The van der Waals surface area contributed by atoms with Crippen LogP contribution in [-0.2, 0) is 9.53 Å². The van der Waals surface area contributed by atoms with Crippen molar-refractivity contribution in [3.8, 4) is 11.5 Å². The highest BCUT2D eigenvalue weighted by molar-refractivity contribution is 5.85. The van der Waals surface area contributed by atoms with Gasteiger partial charge in [-0.15, -0.1) is 0 Å². The Labute approximate surface area is 176 Å². The third-order valence-electron chi connectivity index (χ3n) is 5.55. The minimum atomic E-state index is -0.711. The molecule has 2 amide bonds. The van der Waals surface area contributed by atoms with Crippen molar-refractivity contribution >= 4 is 12.0 Å². The van der Waals surface area contributed by atoms with E-state index in [4.69, 9.17) is 9.47 Å². The molecule has 2 aliphatic rings. The third kappa shape index (κ3) is 4.64. The van der Waals surface area contributed by atoms with Gasteiger partial charge in [-0.25, -0.2) is 4.79 Å². The summed E-state index contributed by atoms with van der Waals surface area (Å²) >= 11 is 0. The molecule has 2 aromatic carbocycles. The van der Waals surface area contributed by atoms with Crippen LogP contribution in [0.15, 0.2) is 66.9 Å². The summed E-state index contributed by atoms with van der Waals surface area (Å²) in [5.74, 6) is 0.258. The first kappa shape index (κ1) is 20.0. The molecule has 1 saturated heterocycles. The van der Waals surface area contributed by atoms with E-state index in [9.17, 15) is 9.59 Å². The molecule has 2 aromatic rings. The standard InChI is InChI=1S/C24H26N2O4/c1-16-21(23(27)30-19-12-6-3-7-13-19)22(26-24(28)25-16)17-9-8-14-20(15-17)29-18-10-4-2-5-11-18/h2,4-5,8-11,14-15,19,21-22H,1,3,6-7,12-13H2,(H2,25,26,28). The van der Waals surface area contributed by atoms with E-state index < -0.39 is 12.0 Å². The molecule has 1 aliphatic carbocycles. The zero-order valence-corrected chi connectivity index (χ0v) is 16.8. The largest absolute Gasteiger partial charge is 0.462 e. The maximum atomic E-state index is 13.0. The van der Waals surface area contributed by atoms with Crippen LogP contribution in [0.3, 0.4) is 0 Å². The number of amides is 2. The van der Waals surface area contributed by atoms with Gasteiger partial charge < -0.3 is 20.1 Å². The molecule has 156 valence electrons. The minimum absolute atomic E-state index is 0.0647. The molecular formula is C24H26N2O4. The molecular weight excluding hydrogens is 380 g/mol. The van der Waals surface area contributed by atoms with Crippen LogP contribution in [0.1, 0.15) is 43.7 Å². The van der Waals surface area contributed by atoms with Gasteiger partial charge in [-0.3, -0.25) is 4.79 Å². The second-order valence-corrected chi connectivity index (χ2v) is 7.76. The molecule has 0 aromatic heterocycles. The number of carbonyl (C=O) groups is 2. The number of ether oxygens (including phenoxy) is 2. The Hall–Kier alpha value is -3.28. The summed E-state index contributed by atoms with van der Waals surface area (Å²) in [5.41, 5.74) is 1.10. The summed E-state index contributed by atoms with van der Waals surface area (Å²) in [5, 5.41) is 5.48. The van der Waals surface area contributed by atoms with Crippen molar-refractivity contribution in [2.75, 3.05) is 0 Å². The Morgan fingerprint density at radius 3 is 2.47 bits per heavy atom. The Morgan fingerprint density at radius 2 is 1.70 bits per heavy atom. The van der Waals surface area contributed by atoms with E-state index in [0.29, 0.717) is 17.2 Å². The zero-order chi connectivity index (χ0) is 20.9. The van der Waals surface area contributed by atoms with Crippen LogP contribution in [0, 0.1) is 5.92 Å². The number of para-hydroxylation sites is 1. The second kappa shape index (κ2) is 9.03. The Morgan fingerprint density at radius 1 is 0.967 bits per heavy atom. The van der Waals surface area contributed by atoms with E-state index in [-0.39, 0.29) is 18.1 Å². The predicted molar refractivity (Wildman–Crippen MR) is 113 cm³/mol. The molecule has 1 aliphatic heterocycles. The summed E-state index contributed by atoms with van der Waals surface area (Å²) in [6, 6.07) is 15.8. The molecule has 30 heavy (non-hydrogen) atoms. The van der Waals surface area contributed by atoms with Crippen molar-refractivity contribution in [3.63, 3.8) is 0 Å². The number of hydrogen-bond donors (Lipinski definition) is 2. The van der Waals surface area contributed by atoms with Gasteiger partial charge >= 0.3 is 12.0 Å². The van der Waals surface area contributed by atoms with Gasteiger partial charge in [0.25, 0.3) is 0 Å². The number of urea groups is 1. The molecule has 1 heterocycles. The van der Waals surface area contributed by atoms with E-state index in [1.807, 2.05) is 54.6 Å². The van der Waals surface area contributed by atoms with Crippen LogP contribution in [0.2, 0.25) is 0 Å². The molecule has 2 N–H and O–H groups in total. The second-order valence-electron chi connectivity index (χ2n) is 7.76. The maximum Gasteiger partial charge on any atom is 0.319 e. The first-order valence-electron chi connectivity index (χ1n) is 10.4. The average molecular weight is 406 g/mol. The van der Waals surface area contributed by atoms with Crippen LogP contribution in [-0.4, -0.2) is 18.1 Å². The van der Waals surface area contributed by atoms with E-state index in [0.717, 1.165) is 31.2 Å². The van der Waals surface area contributed by atoms with Crippen LogP contribution in [0.4, 0.5) is 4.79 Å². The van der Waals surface area contributed by atoms with E-state index in [2.05, 4.69) is 17.2 Å². The van der Waals surface area contributed by atoms with Crippen molar-refractivity contribution in [2.24, 2.45) is 5.92 Å². The molecule has 2 unspecified atom stereocenters. The minimum Gasteiger partial charge on any atom is -0.462 e.